The van der Waals surface area contributed by atoms with Gasteiger partial charge >= 0.3 is 0 Å². The number of aromatic nitrogens is 2. The van der Waals surface area contributed by atoms with E-state index in [4.69, 9.17) is 0 Å². The minimum Gasteiger partial charge on any atom is -0.315 e. The summed E-state index contributed by atoms with van der Waals surface area (Å²) in [7, 11) is 0. The molecule has 1 saturated carbocycles. The molecule has 1 aliphatic carbocycles. The van der Waals surface area contributed by atoms with E-state index in [0.717, 1.165) is 6.54 Å². The molecule has 0 bridgehead atoms. The van der Waals surface area contributed by atoms with Gasteiger partial charge in [-0.25, -0.2) is 0 Å². The lowest BCUT2D eigenvalue weighted by Crippen LogP contribution is -2.36. The fourth-order valence-electron chi connectivity index (χ4n) is 3.08. The molecule has 3 heteroatoms. The van der Waals surface area contributed by atoms with E-state index < -0.39 is 0 Å². The van der Waals surface area contributed by atoms with Gasteiger partial charge in [-0.3, -0.25) is 5.10 Å². The molecule has 1 atom stereocenters. The highest BCUT2D eigenvalue weighted by atomic mass is 15.1. The van der Waals surface area contributed by atoms with E-state index in [1.54, 1.807) is 0 Å². The first kappa shape index (κ1) is 8.48. The Balaban J connectivity index is 1.94. The van der Waals surface area contributed by atoms with Crippen LogP contribution in [0.4, 0.5) is 0 Å². The van der Waals surface area contributed by atoms with Gasteiger partial charge in [-0.1, -0.05) is 6.42 Å². The Morgan fingerprint density at radius 2 is 2.36 bits per heavy atom. The molecule has 14 heavy (non-hydrogen) atoms. The van der Waals surface area contributed by atoms with Gasteiger partial charge in [-0.05, 0) is 30.7 Å². The van der Waals surface area contributed by atoms with Gasteiger partial charge in [0.2, 0.25) is 0 Å². The van der Waals surface area contributed by atoms with Crippen LogP contribution >= 0.6 is 0 Å². The molecule has 2 fully saturated rings. The van der Waals surface area contributed by atoms with E-state index >= 15 is 0 Å². The Kier molecular flexibility index (Phi) is 1.71. The summed E-state index contributed by atoms with van der Waals surface area (Å²) in [6.07, 6.45) is 6.14. The van der Waals surface area contributed by atoms with Crippen molar-refractivity contribution in [3.63, 3.8) is 0 Å². The monoisotopic (exact) mass is 191 g/mol. The molecule has 3 rings (SSSR count). The number of hydrogen-bond donors (Lipinski definition) is 2. The van der Waals surface area contributed by atoms with E-state index in [2.05, 4.69) is 22.4 Å². The van der Waals surface area contributed by atoms with Crippen LogP contribution in [0.3, 0.4) is 0 Å². The van der Waals surface area contributed by atoms with Gasteiger partial charge in [-0.2, -0.15) is 5.10 Å². The Labute approximate surface area is 84.3 Å². The molecule has 1 unspecified atom stereocenters. The SMILES string of the molecule is Cc1cn[nH]c1C1CNCC12CCC2. The summed E-state index contributed by atoms with van der Waals surface area (Å²) in [6.45, 7) is 4.49. The molecule has 0 radical (unpaired) electrons. The fourth-order valence-corrected chi connectivity index (χ4v) is 3.08. The maximum absolute atomic E-state index is 4.14. The fraction of sp³-hybridized carbons (Fsp3) is 0.727. The van der Waals surface area contributed by atoms with Crippen molar-refractivity contribution in [3.05, 3.63) is 17.5 Å². The standard InChI is InChI=1S/C11H17N3/c1-8-5-13-14-10(8)9-6-12-7-11(9)3-2-4-11/h5,9,12H,2-4,6-7H2,1H3,(H,13,14). The molecule has 2 aliphatic rings. The van der Waals surface area contributed by atoms with Crippen LogP contribution in [0.25, 0.3) is 0 Å². The second kappa shape index (κ2) is 2.83. The van der Waals surface area contributed by atoms with E-state index in [1.807, 2.05) is 6.20 Å². The molecular formula is C11H17N3. The van der Waals surface area contributed by atoms with Crippen molar-refractivity contribution in [2.24, 2.45) is 5.41 Å². The van der Waals surface area contributed by atoms with Crippen LogP contribution in [0.2, 0.25) is 0 Å². The lowest BCUT2D eigenvalue weighted by atomic mass is 9.62. The first-order valence-electron chi connectivity index (χ1n) is 5.52. The van der Waals surface area contributed by atoms with Crippen LogP contribution in [0.15, 0.2) is 6.20 Å². The van der Waals surface area contributed by atoms with Crippen LogP contribution in [0.1, 0.15) is 36.4 Å². The van der Waals surface area contributed by atoms with Gasteiger partial charge in [0, 0.05) is 24.7 Å². The molecule has 0 amide bonds. The van der Waals surface area contributed by atoms with Crippen LogP contribution < -0.4 is 5.32 Å². The molecule has 1 saturated heterocycles. The number of rotatable bonds is 1. The molecule has 1 spiro atoms. The van der Waals surface area contributed by atoms with Crippen molar-refractivity contribution in [2.75, 3.05) is 13.1 Å². The predicted octanol–water partition coefficient (Wildman–Crippen LogP) is 1.58. The number of hydrogen-bond acceptors (Lipinski definition) is 2. The van der Waals surface area contributed by atoms with Gasteiger partial charge in [0.1, 0.15) is 0 Å². The highest BCUT2D eigenvalue weighted by molar-refractivity contribution is 5.25. The Bertz CT molecular complexity index is 338. The minimum absolute atomic E-state index is 0.567. The van der Waals surface area contributed by atoms with Crippen molar-refractivity contribution in [2.45, 2.75) is 32.1 Å². The van der Waals surface area contributed by atoms with Gasteiger partial charge in [-0.15, -0.1) is 0 Å². The number of nitrogens with zero attached hydrogens (tertiary/aromatic N) is 1. The van der Waals surface area contributed by atoms with Crippen LogP contribution in [0, 0.1) is 12.3 Å². The van der Waals surface area contributed by atoms with Crippen LogP contribution in [-0.2, 0) is 0 Å². The zero-order chi connectivity index (χ0) is 9.60. The third kappa shape index (κ3) is 0.989. The third-order valence-electron chi connectivity index (χ3n) is 4.13. The molecule has 1 aromatic rings. The molecule has 0 aromatic carbocycles. The Morgan fingerprint density at radius 3 is 2.93 bits per heavy atom. The van der Waals surface area contributed by atoms with Crippen LogP contribution in [0.5, 0.6) is 0 Å². The third-order valence-corrected chi connectivity index (χ3v) is 4.13. The lowest BCUT2D eigenvalue weighted by Gasteiger charge is -2.42. The summed E-state index contributed by atoms with van der Waals surface area (Å²) in [4.78, 5) is 0. The summed E-state index contributed by atoms with van der Waals surface area (Å²) in [5.74, 6) is 0.679. The van der Waals surface area contributed by atoms with E-state index in [1.165, 1.54) is 37.1 Å². The zero-order valence-corrected chi connectivity index (χ0v) is 8.64. The predicted molar refractivity (Wildman–Crippen MR) is 55.2 cm³/mol. The maximum atomic E-state index is 4.14. The highest BCUT2D eigenvalue weighted by Gasteiger charge is 2.48. The molecule has 2 N–H and O–H groups in total. The average Bonchev–Trinajstić information content (AvgIpc) is 2.67. The number of aryl methyl sites for hydroxylation is 1. The topological polar surface area (TPSA) is 40.7 Å². The van der Waals surface area contributed by atoms with Crippen molar-refractivity contribution in [1.82, 2.24) is 15.5 Å². The minimum atomic E-state index is 0.567. The van der Waals surface area contributed by atoms with Gasteiger partial charge in [0.05, 0.1) is 6.20 Å². The van der Waals surface area contributed by atoms with Crippen molar-refractivity contribution in [3.8, 4) is 0 Å². The Hall–Kier alpha value is -0.830. The quantitative estimate of drug-likeness (QED) is 0.707. The summed E-state index contributed by atoms with van der Waals surface area (Å²) < 4.78 is 0. The molecule has 1 aliphatic heterocycles. The van der Waals surface area contributed by atoms with E-state index in [-0.39, 0.29) is 0 Å². The van der Waals surface area contributed by atoms with Crippen molar-refractivity contribution in [1.29, 1.82) is 0 Å². The summed E-state index contributed by atoms with van der Waals surface area (Å²) in [5.41, 5.74) is 3.26. The largest absolute Gasteiger partial charge is 0.315 e. The summed E-state index contributed by atoms with van der Waals surface area (Å²) >= 11 is 0. The van der Waals surface area contributed by atoms with Crippen molar-refractivity contribution < 1.29 is 0 Å². The second-order valence-corrected chi connectivity index (χ2v) is 4.87. The van der Waals surface area contributed by atoms with Gasteiger partial charge in [0.25, 0.3) is 0 Å². The lowest BCUT2D eigenvalue weighted by molar-refractivity contribution is 0.135. The smallest absolute Gasteiger partial charge is 0.0519 e. The highest BCUT2D eigenvalue weighted by Crippen LogP contribution is 2.53. The number of aromatic amines is 1. The van der Waals surface area contributed by atoms with Gasteiger partial charge in [0.15, 0.2) is 0 Å². The summed E-state index contributed by atoms with van der Waals surface area (Å²) in [6, 6.07) is 0. The Morgan fingerprint density at radius 1 is 1.50 bits per heavy atom. The number of nitrogens with one attached hydrogen (secondary N) is 2. The second-order valence-electron chi connectivity index (χ2n) is 4.87. The average molecular weight is 191 g/mol. The molecule has 76 valence electrons. The maximum Gasteiger partial charge on any atom is 0.0519 e. The van der Waals surface area contributed by atoms with Crippen molar-refractivity contribution >= 4 is 0 Å². The zero-order valence-electron chi connectivity index (χ0n) is 8.64. The molecule has 2 heterocycles. The van der Waals surface area contributed by atoms with Crippen LogP contribution in [-0.4, -0.2) is 23.3 Å². The molecular weight excluding hydrogens is 174 g/mol. The first-order chi connectivity index (χ1) is 6.82. The number of H-pyrrole nitrogens is 1. The van der Waals surface area contributed by atoms with Gasteiger partial charge < -0.3 is 5.32 Å². The normalized spacial score (nSPS) is 29.4. The van der Waals surface area contributed by atoms with E-state index in [0.29, 0.717) is 11.3 Å². The van der Waals surface area contributed by atoms with E-state index in [9.17, 15) is 0 Å². The molecule has 1 aromatic heterocycles. The molecule has 3 nitrogen and oxygen atoms in total. The summed E-state index contributed by atoms with van der Waals surface area (Å²) in [5, 5.41) is 10.9. The first-order valence-corrected chi connectivity index (χ1v) is 5.52.